The second-order valence-electron chi connectivity index (χ2n) is 5.49. The number of nitrogens with one attached hydrogen (secondary N) is 1. The van der Waals surface area contributed by atoms with Crippen molar-refractivity contribution in [1.82, 2.24) is 5.32 Å². The van der Waals surface area contributed by atoms with Gasteiger partial charge < -0.3 is 5.32 Å². The molecule has 1 unspecified atom stereocenters. The zero-order chi connectivity index (χ0) is 15.2. The SMILES string of the molecule is CCNC(Cc1ccc(CC)cc1)c1ccc(F)cc1C. The number of benzene rings is 2. The smallest absolute Gasteiger partial charge is 0.123 e. The van der Waals surface area contributed by atoms with Crippen LogP contribution in [0.1, 0.15) is 42.1 Å². The van der Waals surface area contributed by atoms with Gasteiger partial charge in [0.2, 0.25) is 0 Å². The van der Waals surface area contributed by atoms with Gasteiger partial charge in [0.15, 0.2) is 0 Å². The first-order chi connectivity index (χ1) is 10.1. The molecule has 112 valence electrons. The Hall–Kier alpha value is -1.67. The zero-order valence-electron chi connectivity index (χ0n) is 13.1. The number of likely N-dealkylation sites (N-methyl/N-ethyl adjacent to an activating group) is 1. The van der Waals surface area contributed by atoms with Gasteiger partial charge in [0.25, 0.3) is 0 Å². The molecule has 0 aliphatic rings. The first-order valence-corrected chi connectivity index (χ1v) is 7.71. The van der Waals surface area contributed by atoms with E-state index in [9.17, 15) is 4.39 Å². The molecular formula is C19H24FN. The number of rotatable bonds is 6. The zero-order valence-corrected chi connectivity index (χ0v) is 13.1. The topological polar surface area (TPSA) is 12.0 Å². The average Bonchev–Trinajstić information content (AvgIpc) is 2.48. The molecule has 0 fully saturated rings. The van der Waals surface area contributed by atoms with E-state index < -0.39 is 0 Å². The molecule has 2 aromatic rings. The predicted molar refractivity (Wildman–Crippen MR) is 87.1 cm³/mol. The lowest BCUT2D eigenvalue weighted by Crippen LogP contribution is -2.23. The normalized spacial score (nSPS) is 12.4. The summed E-state index contributed by atoms with van der Waals surface area (Å²) in [6.07, 6.45) is 1.98. The Morgan fingerprint density at radius 2 is 1.67 bits per heavy atom. The van der Waals surface area contributed by atoms with Gasteiger partial charge in [-0.1, -0.05) is 44.2 Å². The van der Waals surface area contributed by atoms with E-state index in [2.05, 4.69) is 43.4 Å². The Labute approximate surface area is 127 Å². The van der Waals surface area contributed by atoms with Gasteiger partial charge in [0.05, 0.1) is 0 Å². The van der Waals surface area contributed by atoms with Gasteiger partial charge in [-0.05, 0) is 60.7 Å². The van der Waals surface area contributed by atoms with Crippen molar-refractivity contribution >= 4 is 0 Å². The van der Waals surface area contributed by atoms with Gasteiger partial charge in [0.1, 0.15) is 5.82 Å². The lowest BCUT2D eigenvalue weighted by molar-refractivity contribution is 0.544. The first-order valence-electron chi connectivity index (χ1n) is 7.71. The van der Waals surface area contributed by atoms with Crippen LogP contribution in [0, 0.1) is 12.7 Å². The highest BCUT2D eigenvalue weighted by Crippen LogP contribution is 2.23. The van der Waals surface area contributed by atoms with Crippen LogP contribution in [0.3, 0.4) is 0 Å². The molecule has 0 heterocycles. The summed E-state index contributed by atoms with van der Waals surface area (Å²) in [7, 11) is 0. The van der Waals surface area contributed by atoms with Crippen molar-refractivity contribution in [3.63, 3.8) is 0 Å². The van der Waals surface area contributed by atoms with Gasteiger partial charge in [0, 0.05) is 6.04 Å². The maximum atomic E-state index is 13.3. The van der Waals surface area contributed by atoms with Gasteiger partial charge in [-0.2, -0.15) is 0 Å². The highest BCUT2D eigenvalue weighted by atomic mass is 19.1. The lowest BCUT2D eigenvalue weighted by atomic mass is 9.94. The van der Waals surface area contributed by atoms with Gasteiger partial charge >= 0.3 is 0 Å². The second kappa shape index (κ2) is 7.37. The molecule has 2 heteroatoms. The summed E-state index contributed by atoms with van der Waals surface area (Å²) in [5.41, 5.74) is 4.85. The van der Waals surface area contributed by atoms with Crippen molar-refractivity contribution in [1.29, 1.82) is 0 Å². The summed E-state index contributed by atoms with van der Waals surface area (Å²) in [6.45, 7) is 7.14. The van der Waals surface area contributed by atoms with E-state index in [1.807, 2.05) is 13.0 Å². The lowest BCUT2D eigenvalue weighted by Gasteiger charge is -2.21. The third kappa shape index (κ3) is 4.15. The molecule has 0 spiro atoms. The Morgan fingerprint density at radius 1 is 1.00 bits per heavy atom. The van der Waals surface area contributed by atoms with Gasteiger partial charge in [-0.3, -0.25) is 0 Å². The molecule has 2 aromatic carbocycles. The van der Waals surface area contributed by atoms with E-state index in [4.69, 9.17) is 0 Å². The van der Waals surface area contributed by atoms with E-state index in [1.54, 1.807) is 12.1 Å². The van der Waals surface area contributed by atoms with Crippen molar-refractivity contribution in [2.75, 3.05) is 6.54 Å². The van der Waals surface area contributed by atoms with E-state index >= 15 is 0 Å². The van der Waals surface area contributed by atoms with Crippen LogP contribution in [-0.2, 0) is 12.8 Å². The molecule has 21 heavy (non-hydrogen) atoms. The van der Waals surface area contributed by atoms with Crippen LogP contribution in [0.2, 0.25) is 0 Å². The first kappa shape index (κ1) is 15.7. The quantitative estimate of drug-likeness (QED) is 0.818. The van der Waals surface area contributed by atoms with Gasteiger partial charge in [-0.15, -0.1) is 0 Å². The summed E-state index contributed by atoms with van der Waals surface area (Å²) in [4.78, 5) is 0. The summed E-state index contributed by atoms with van der Waals surface area (Å²) in [6, 6.07) is 14.1. The Kier molecular flexibility index (Phi) is 5.51. The number of hydrogen-bond acceptors (Lipinski definition) is 1. The minimum absolute atomic E-state index is 0.168. The van der Waals surface area contributed by atoms with Crippen LogP contribution in [-0.4, -0.2) is 6.54 Å². The van der Waals surface area contributed by atoms with Crippen LogP contribution in [0.4, 0.5) is 4.39 Å². The molecule has 0 aliphatic carbocycles. The predicted octanol–water partition coefficient (Wildman–Crippen LogP) is 4.59. The van der Waals surface area contributed by atoms with Gasteiger partial charge in [-0.25, -0.2) is 4.39 Å². The Morgan fingerprint density at radius 3 is 2.24 bits per heavy atom. The monoisotopic (exact) mass is 285 g/mol. The van der Waals surface area contributed by atoms with Crippen molar-refractivity contribution in [2.24, 2.45) is 0 Å². The van der Waals surface area contributed by atoms with E-state index in [-0.39, 0.29) is 11.9 Å². The summed E-state index contributed by atoms with van der Waals surface area (Å²) in [5.74, 6) is -0.168. The summed E-state index contributed by atoms with van der Waals surface area (Å²) in [5, 5.41) is 3.51. The molecule has 0 radical (unpaired) electrons. The largest absolute Gasteiger partial charge is 0.310 e. The van der Waals surface area contributed by atoms with Crippen molar-refractivity contribution in [2.45, 2.75) is 39.7 Å². The molecule has 0 saturated carbocycles. The molecule has 0 amide bonds. The Balaban J connectivity index is 2.21. The minimum atomic E-state index is -0.168. The second-order valence-corrected chi connectivity index (χ2v) is 5.49. The molecule has 2 rings (SSSR count). The molecule has 1 N–H and O–H groups in total. The van der Waals surface area contributed by atoms with Crippen molar-refractivity contribution in [3.8, 4) is 0 Å². The highest BCUT2D eigenvalue weighted by Gasteiger charge is 2.14. The molecule has 1 atom stereocenters. The maximum Gasteiger partial charge on any atom is 0.123 e. The van der Waals surface area contributed by atoms with Crippen molar-refractivity contribution < 1.29 is 4.39 Å². The van der Waals surface area contributed by atoms with E-state index in [0.717, 1.165) is 24.9 Å². The molecule has 0 aliphatic heterocycles. The number of aryl methyl sites for hydroxylation is 2. The molecule has 0 saturated heterocycles. The molecule has 0 bridgehead atoms. The number of hydrogen-bond donors (Lipinski definition) is 1. The van der Waals surface area contributed by atoms with Crippen LogP contribution < -0.4 is 5.32 Å². The fraction of sp³-hybridized carbons (Fsp3) is 0.368. The average molecular weight is 285 g/mol. The molecule has 1 nitrogen and oxygen atoms in total. The summed E-state index contributed by atoms with van der Waals surface area (Å²) < 4.78 is 13.3. The summed E-state index contributed by atoms with van der Waals surface area (Å²) >= 11 is 0. The van der Waals surface area contributed by atoms with Crippen LogP contribution in [0.25, 0.3) is 0 Å². The Bertz CT molecular complexity index is 575. The van der Waals surface area contributed by atoms with E-state index in [0.29, 0.717) is 0 Å². The third-order valence-corrected chi connectivity index (χ3v) is 3.93. The van der Waals surface area contributed by atoms with Crippen LogP contribution >= 0.6 is 0 Å². The third-order valence-electron chi connectivity index (χ3n) is 3.93. The molecule has 0 aromatic heterocycles. The van der Waals surface area contributed by atoms with Crippen molar-refractivity contribution in [3.05, 3.63) is 70.5 Å². The standard InChI is InChI=1S/C19H24FN/c1-4-15-6-8-16(9-7-15)13-19(21-5-2)18-11-10-17(20)12-14(18)3/h6-12,19,21H,4-5,13H2,1-3H3. The highest BCUT2D eigenvalue weighted by molar-refractivity contribution is 5.32. The van der Waals surface area contributed by atoms with Crippen LogP contribution in [0.5, 0.6) is 0 Å². The minimum Gasteiger partial charge on any atom is -0.310 e. The van der Waals surface area contributed by atoms with Crippen LogP contribution in [0.15, 0.2) is 42.5 Å². The number of halogens is 1. The maximum absolute atomic E-state index is 13.3. The fourth-order valence-electron chi connectivity index (χ4n) is 2.72. The fourth-order valence-corrected chi connectivity index (χ4v) is 2.72. The molecular weight excluding hydrogens is 261 g/mol. The van der Waals surface area contributed by atoms with E-state index in [1.165, 1.54) is 16.7 Å².